The van der Waals surface area contributed by atoms with Gasteiger partial charge in [0.05, 0.1) is 6.54 Å². The topological polar surface area (TPSA) is 95.6 Å². The largest absolute Gasteiger partial charge is 0.332 e. The molecule has 0 fully saturated rings. The molecular weight excluding hydrogens is 434 g/mol. The Hall–Kier alpha value is -3.17. The van der Waals surface area contributed by atoms with Gasteiger partial charge in [0.25, 0.3) is 15.9 Å². The second kappa shape index (κ2) is 9.32. The third kappa shape index (κ3) is 5.71. The summed E-state index contributed by atoms with van der Waals surface area (Å²) in [5, 5.41) is 4.26. The molecule has 0 saturated carbocycles. The summed E-state index contributed by atoms with van der Waals surface area (Å²) in [5.74, 6) is -0.920. The summed E-state index contributed by atoms with van der Waals surface area (Å²) in [6.45, 7) is 3.63. The van der Waals surface area contributed by atoms with Gasteiger partial charge < -0.3 is 10.2 Å². The van der Waals surface area contributed by atoms with Crippen LogP contribution in [0.1, 0.15) is 20.8 Å². The summed E-state index contributed by atoms with van der Waals surface area (Å²) in [5.41, 5.74) is 3.09. The van der Waals surface area contributed by atoms with Crippen LogP contribution < -0.4 is 10.0 Å². The fraction of sp³-hybridized carbons (Fsp3) is 0.182. The molecule has 0 unspecified atom stereocenters. The van der Waals surface area contributed by atoms with E-state index in [1.54, 1.807) is 36.4 Å². The van der Waals surface area contributed by atoms with Gasteiger partial charge in [0, 0.05) is 18.4 Å². The Balaban J connectivity index is 1.70. The van der Waals surface area contributed by atoms with Gasteiger partial charge in [0.1, 0.15) is 9.77 Å². The molecule has 7 nitrogen and oxygen atoms in total. The number of amides is 2. The summed E-state index contributed by atoms with van der Waals surface area (Å²) < 4.78 is 28.2. The molecule has 31 heavy (non-hydrogen) atoms. The molecule has 0 saturated heterocycles. The third-order valence-corrected chi connectivity index (χ3v) is 6.93. The maximum Gasteiger partial charge on any atom is 0.265 e. The molecule has 1 aromatic heterocycles. The van der Waals surface area contributed by atoms with E-state index in [0.29, 0.717) is 11.4 Å². The van der Waals surface area contributed by atoms with E-state index in [0.717, 1.165) is 22.5 Å². The first-order valence-electron chi connectivity index (χ1n) is 9.45. The first-order valence-corrected chi connectivity index (χ1v) is 11.8. The molecule has 0 spiro atoms. The number of nitrogens with one attached hydrogen (secondary N) is 2. The number of hydrogen-bond acceptors (Lipinski definition) is 5. The van der Waals surface area contributed by atoms with Gasteiger partial charge in [-0.1, -0.05) is 35.4 Å². The number of likely N-dealkylation sites (N-methyl/N-ethyl adjacent to an activating group) is 1. The predicted octanol–water partition coefficient (Wildman–Crippen LogP) is 3.88. The Kier molecular flexibility index (Phi) is 6.77. The van der Waals surface area contributed by atoms with Crippen LogP contribution in [0.15, 0.2) is 64.9 Å². The lowest BCUT2D eigenvalue weighted by Gasteiger charge is -2.17. The van der Waals surface area contributed by atoms with Gasteiger partial charge in [-0.2, -0.15) is 0 Å². The number of sulfonamides is 1. The van der Waals surface area contributed by atoms with Gasteiger partial charge in [-0.3, -0.25) is 14.3 Å². The van der Waals surface area contributed by atoms with E-state index >= 15 is 0 Å². The van der Waals surface area contributed by atoms with Crippen LogP contribution in [0.4, 0.5) is 11.4 Å². The van der Waals surface area contributed by atoms with Crippen LogP contribution in [0.25, 0.3) is 0 Å². The predicted molar refractivity (Wildman–Crippen MR) is 123 cm³/mol. The van der Waals surface area contributed by atoms with E-state index in [1.807, 2.05) is 26.0 Å². The lowest BCUT2D eigenvalue weighted by molar-refractivity contribution is -0.116. The lowest BCUT2D eigenvalue weighted by Crippen LogP contribution is -2.35. The van der Waals surface area contributed by atoms with E-state index in [-0.39, 0.29) is 22.2 Å². The van der Waals surface area contributed by atoms with Crippen LogP contribution in [0.2, 0.25) is 0 Å². The molecule has 0 bridgehead atoms. The molecule has 2 N–H and O–H groups in total. The number of carbonyl (C=O) groups excluding carboxylic acids is 2. The van der Waals surface area contributed by atoms with Crippen molar-refractivity contribution in [3.8, 4) is 0 Å². The SMILES string of the molecule is Cc1ccc(NC(=O)CN(C)C(=O)c2sccc2S(=O)(=O)Nc2ccc(C)cc2)cc1. The highest BCUT2D eigenvalue weighted by atomic mass is 32.2. The molecule has 0 aliphatic heterocycles. The molecule has 162 valence electrons. The van der Waals surface area contributed by atoms with Gasteiger partial charge >= 0.3 is 0 Å². The molecule has 3 rings (SSSR count). The monoisotopic (exact) mass is 457 g/mol. The minimum absolute atomic E-state index is 0.0465. The van der Waals surface area contributed by atoms with Crippen molar-refractivity contribution in [3.05, 3.63) is 76.0 Å². The summed E-state index contributed by atoms with van der Waals surface area (Å²) >= 11 is 1.02. The van der Waals surface area contributed by atoms with Crippen molar-refractivity contribution in [2.45, 2.75) is 18.7 Å². The summed E-state index contributed by atoms with van der Waals surface area (Å²) in [6.07, 6.45) is 0. The highest BCUT2D eigenvalue weighted by Gasteiger charge is 2.27. The van der Waals surface area contributed by atoms with Crippen LogP contribution in [-0.4, -0.2) is 38.7 Å². The average Bonchev–Trinajstić information content (AvgIpc) is 3.21. The first kappa shape index (κ1) is 22.5. The van der Waals surface area contributed by atoms with E-state index in [1.165, 1.54) is 23.4 Å². The van der Waals surface area contributed by atoms with Crippen molar-refractivity contribution in [2.75, 3.05) is 23.6 Å². The smallest absolute Gasteiger partial charge is 0.265 e. The zero-order valence-electron chi connectivity index (χ0n) is 17.4. The number of thiophene rings is 1. The van der Waals surface area contributed by atoms with Crippen LogP contribution in [0.5, 0.6) is 0 Å². The van der Waals surface area contributed by atoms with E-state index in [9.17, 15) is 18.0 Å². The van der Waals surface area contributed by atoms with Crippen LogP contribution in [0, 0.1) is 13.8 Å². The summed E-state index contributed by atoms with van der Waals surface area (Å²) in [6, 6.07) is 15.6. The molecule has 0 aliphatic rings. The van der Waals surface area contributed by atoms with Crippen molar-refractivity contribution in [2.24, 2.45) is 0 Å². The zero-order chi connectivity index (χ0) is 22.6. The molecular formula is C22H23N3O4S2. The Morgan fingerprint density at radius 1 is 0.903 bits per heavy atom. The first-order chi connectivity index (χ1) is 14.7. The molecule has 2 amide bonds. The standard InChI is InChI=1S/C22H23N3O4S2/c1-15-4-8-17(9-5-15)23-20(26)14-25(3)22(27)21-19(12-13-30-21)31(28,29)24-18-10-6-16(2)7-11-18/h4-13,24H,14H2,1-3H3,(H,23,26). The van der Waals surface area contributed by atoms with Gasteiger partial charge in [-0.15, -0.1) is 11.3 Å². The number of hydrogen-bond donors (Lipinski definition) is 2. The molecule has 0 aliphatic carbocycles. The highest BCUT2D eigenvalue weighted by Crippen LogP contribution is 2.26. The summed E-state index contributed by atoms with van der Waals surface area (Å²) in [4.78, 5) is 26.3. The number of carbonyl (C=O) groups is 2. The Morgan fingerprint density at radius 2 is 1.45 bits per heavy atom. The van der Waals surface area contributed by atoms with Gasteiger partial charge in [0.15, 0.2) is 0 Å². The minimum atomic E-state index is -3.96. The lowest BCUT2D eigenvalue weighted by atomic mass is 10.2. The van der Waals surface area contributed by atoms with Crippen molar-refractivity contribution in [3.63, 3.8) is 0 Å². The second-order valence-corrected chi connectivity index (χ2v) is 9.73. The van der Waals surface area contributed by atoms with Gasteiger partial charge in [-0.05, 0) is 49.6 Å². The number of rotatable bonds is 7. The van der Waals surface area contributed by atoms with Crippen molar-refractivity contribution in [1.29, 1.82) is 0 Å². The molecule has 9 heteroatoms. The van der Waals surface area contributed by atoms with E-state index < -0.39 is 15.9 Å². The minimum Gasteiger partial charge on any atom is -0.332 e. The molecule has 3 aromatic rings. The fourth-order valence-corrected chi connectivity index (χ4v) is 5.27. The van der Waals surface area contributed by atoms with Gasteiger partial charge in [-0.25, -0.2) is 8.42 Å². The van der Waals surface area contributed by atoms with Crippen molar-refractivity contribution in [1.82, 2.24) is 4.90 Å². The van der Waals surface area contributed by atoms with Crippen molar-refractivity contribution < 1.29 is 18.0 Å². The number of nitrogens with zero attached hydrogens (tertiary/aromatic N) is 1. The molecule has 1 heterocycles. The van der Waals surface area contributed by atoms with Crippen LogP contribution in [0.3, 0.4) is 0 Å². The molecule has 0 atom stereocenters. The van der Waals surface area contributed by atoms with Gasteiger partial charge in [0.2, 0.25) is 5.91 Å². The number of aryl methyl sites for hydroxylation is 2. The quantitative estimate of drug-likeness (QED) is 0.563. The Bertz CT molecular complexity index is 1180. The Morgan fingerprint density at radius 3 is 2.03 bits per heavy atom. The van der Waals surface area contributed by atoms with E-state index in [2.05, 4.69) is 10.0 Å². The average molecular weight is 458 g/mol. The Labute approximate surface area is 185 Å². The fourth-order valence-electron chi connectivity index (χ4n) is 2.79. The third-order valence-electron chi connectivity index (χ3n) is 4.48. The van der Waals surface area contributed by atoms with Crippen LogP contribution in [-0.2, 0) is 14.8 Å². The number of benzene rings is 2. The number of anilines is 2. The normalized spacial score (nSPS) is 11.1. The van der Waals surface area contributed by atoms with Crippen LogP contribution >= 0.6 is 11.3 Å². The second-order valence-electron chi connectivity index (χ2n) is 7.16. The maximum atomic E-state index is 12.9. The zero-order valence-corrected chi connectivity index (χ0v) is 19.0. The molecule has 0 radical (unpaired) electrons. The molecule has 2 aromatic carbocycles. The van der Waals surface area contributed by atoms with Crippen molar-refractivity contribution >= 4 is 44.5 Å². The maximum absolute atomic E-state index is 12.9. The van der Waals surface area contributed by atoms with E-state index in [4.69, 9.17) is 0 Å². The highest BCUT2D eigenvalue weighted by molar-refractivity contribution is 7.93. The summed E-state index contributed by atoms with van der Waals surface area (Å²) in [7, 11) is -2.50.